The Morgan fingerprint density at radius 1 is 1.00 bits per heavy atom. The Morgan fingerprint density at radius 2 is 1.74 bits per heavy atom. The van der Waals surface area contributed by atoms with Gasteiger partial charge in [-0.25, -0.2) is 8.78 Å². The van der Waals surface area contributed by atoms with Crippen molar-refractivity contribution < 1.29 is 18.4 Å². The lowest BCUT2D eigenvalue weighted by Crippen LogP contribution is -2.33. The van der Waals surface area contributed by atoms with Crippen LogP contribution in [0.5, 0.6) is 0 Å². The Hall–Kier alpha value is -2.76. The number of amides is 2. The van der Waals surface area contributed by atoms with Gasteiger partial charge in [0.1, 0.15) is 11.6 Å². The molecular formula is C21H22F2N2O2. The van der Waals surface area contributed by atoms with E-state index in [-0.39, 0.29) is 29.9 Å². The fraction of sp³-hybridized carbons (Fsp3) is 0.333. The summed E-state index contributed by atoms with van der Waals surface area (Å²) in [6.07, 6.45) is 2.85. The summed E-state index contributed by atoms with van der Waals surface area (Å²) in [4.78, 5) is 23.9. The summed E-state index contributed by atoms with van der Waals surface area (Å²) in [5, 5.41) is 5.51. The van der Waals surface area contributed by atoms with E-state index in [1.54, 1.807) is 0 Å². The van der Waals surface area contributed by atoms with Crippen LogP contribution in [0.15, 0.2) is 48.5 Å². The molecule has 2 amide bonds. The predicted molar refractivity (Wildman–Crippen MR) is 98.3 cm³/mol. The first-order valence-corrected chi connectivity index (χ1v) is 9.06. The van der Waals surface area contributed by atoms with Gasteiger partial charge < -0.3 is 10.6 Å². The monoisotopic (exact) mass is 372 g/mol. The number of nitrogens with one attached hydrogen (secondary N) is 2. The molecule has 6 heteroatoms. The summed E-state index contributed by atoms with van der Waals surface area (Å²) < 4.78 is 26.4. The molecule has 27 heavy (non-hydrogen) atoms. The van der Waals surface area contributed by atoms with E-state index in [2.05, 4.69) is 22.8 Å². The topological polar surface area (TPSA) is 58.2 Å². The van der Waals surface area contributed by atoms with Crippen molar-refractivity contribution in [3.05, 3.63) is 71.3 Å². The molecule has 3 rings (SSSR count). The lowest BCUT2D eigenvalue weighted by Gasteiger charge is -2.16. The van der Waals surface area contributed by atoms with Gasteiger partial charge in [0.25, 0.3) is 5.91 Å². The molecule has 0 aromatic heterocycles. The summed E-state index contributed by atoms with van der Waals surface area (Å²) in [7, 11) is 0. The lowest BCUT2D eigenvalue weighted by molar-refractivity contribution is -0.121. The van der Waals surface area contributed by atoms with Crippen molar-refractivity contribution in [2.45, 2.75) is 31.1 Å². The maximum Gasteiger partial charge on any atom is 0.254 e. The van der Waals surface area contributed by atoms with Gasteiger partial charge in [0.05, 0.1) is 5.56 Å². The first-order chi connectivity index (χ1) is 13.0. The molecule has 0 spiro atoms. The van der Waals surface area contributed by atoms with Crippen LogP contribution in [0.1, 0.15) is 41.6 Å². The van der Waals surface area contributed by atoms with Crippen LogP contribution in [0, 0.1) is 11.6 Å². The van der Waals surface area contributed by atoms with Gasteiger partial charge in [0, 0.05) is 31.0 Å². The molecule has 1 aliphatic carbocycles. The van der Waals surface area contributed by atoms with Crippen molar-refractivity contribution in [3.8, 4) is 0 Å². The Kier molecular flexibility index (Phi) is 5.84. The van der Waals surface area contributed by atoms with Gasteiger partial charge in [-0.05, 0) is 37.0 Å². The fourth-order valence-corrected chi connectivity index (χ4v) is 3.09. The van der Waals surface area contributed by atoms with Crippen molar-refractivity contribution in [1.82, 2.24) is 10.6 Å². The third-order valence-electron chi connectivity index (χ3n) is 4.91. The standard InChI is InChI=1S/C21H22F2N2O2/c22-16-8-9-17(18(23)13-16)20(27)24-12-4-7-19(26)25-14-21(10-11-21)15-5-2-1-3-6-15/h1-3,5-6,8-9,13H,4,7,10-12,14H2,(H,24,27)(H,25,26). The average molecular weight is 372 g/mol. The van der Waals surface area contributed by atoms with Crippen LogP contribution in [-0.4, -0.2) is 24.9 Å². The molecule has 2 N–H and O–H groups in total. The number of benzene rings is 2. The number of hydrogen-bond acceptors (Lipinski definition) is 2. The fourth-order valence-electron chi connectivity index (χ4n) is 3.09. The van der Waals surface area contributed by atoms with E-state index >= 15 is 0 Å². The van der Waals surface area contributed by atoms with E-state index < -0.39 is 17.5 Å². The van der Waals surface area contributed by atoms with E-state index in [0.717, 1.165) is 25.0 Å². The second kappa shape index (κ2) is 8.29. The molecule has 4 nitrogen and oxygen atoms in total. The van der Waals surface area contributed by atoms with Gasteiger partial charge in [-0.3, -0.25) is 9.59 Å². The third kappa shape index (κ3) is 4.90. The lowest BCUT2D eigenvalue weighted by atomic mass is 9.96. The number of rotatable bonds is 8. The highest BCUT2D eigenvalue weighted by molar-refractivity contribution is 5.94. The van der Waals surface area contributed by atoms with E-state index in [0.29, 0.717) is 19.0 Å². The zero-order chi connectivity index (χ0) is 19.3. The number of carbonyl (C=O) groups excluding carboxylic acids is 2. The largest absolute Gasteiger partial charge is 0.355 e. The van der Waals surface area contributed by atoms with Crippen LogP contribution in [0.25, 0.3) is 0 Å². The minimum Gasteiger partial charge on any atom is -0.355 e. The highest BCUT2D eigenvalue weighted by Gasteiger charge is 2.44. The summed E-state index contributed by atoms with van der Waals surface area (Å²) in [5.41, 5.74) is 1.10. The van der Waals surface area contributed by atoms with Crippen LogP contribution in [0.2, 0.25) is 0 Å². The van der Waals surface area contributed by atoms with Gasteiger partial charge in [-0.2, -0.15) is 0 Å². The molecule has 1 fully saturated rings. The van der Waals surface area contributed by atoms with E-state index in [9.17, 15) is 18.4 Å². The molecule has 0 radical (unpaired) electrons. The van der Waals surface area contributed by atoms with Crippen LogP contribution >= 0.6 is 0 Å². The second-order valence-corrected chi connectivity index (χ2v) is 6.91. The number of halogens is 2. The second-order valence-electron chi connectivity index (χ2n) is 6.91. The van der Waals surface area contributed by atoms with Crippen LogP contribution in [0.3, 0.4) is 0 Å². The third-order valence-corrected chi connectivity index (χ3v) is 4.91. The molecule has 142 valence electrons. The van der Waals surface area contributed by atoms with Gasteiger partial charge in [-0.1, -0.05) is 30.3 Å². The molecule has 0 atom stereocenters. The average Bonchev–Trinajstić information content (AvgIpc) is 3.45. The van der Waals surface area contributed by atoms with Crippen molar-refractivity contribution in [2.24, 2.45) is 0 Å². The minimum atomic E-state index is -0.902. The zero-order valence-corrected chi connectivity index (χ0v) is 14.9. The van der Waals surface area contributed by atoms with Gasteiger partial charge >= 0.3 is 0 Å². The SMILES string of the molecule is O=C(CCCNC(=O)c1ccc(F)cc1F)NCC1(c2ccccc2)CC1. The van der Waals surface area contributed by atoms with E-state index in [4.69, 9.17) is 0 Å². The zero-order valence-electron chi connectivity index (χ0n) is 14.9. The summed E-state index contributed by atoms with van der Waals surface area (Å²) in [6.45, 7) is 0.857. The maximum absolute atomic E-state index is 13.5. The molecule has 1 aliphatic rings. The van der Waals surface area contributed by atoms with Gasteiger partial charge in [0.2, 0.25) is 5.91 Å². The summed E-state index contributed by atoms with van der Waals surface area (Å²) >= 11 is 0. The van der Waals surface area contributed by atoms with Crippen LogP contribution < -0.4 is 10.6 Å². The van der Waals surface area contributed by atoms with Gasteiger partial charge in [0.15, 0.2) is 0 Å². The van der Waals surface area contributed by atoms with Crippen molar-refractivity contribution in [2.75, 3.05) is 13.1 Å². The highest BCUT2D eigenvalue weighted by Crippen LogP contribution is 2.47. The van der Waals surface area contributed by atoms with Crippen molar-refractivity contribution in [3.63, 3.8) is 0 Å². The van der Waals surface area contributed by atoms with Gasteiger partial charge in [-0.15, -0.1) is 0 Å². The molecule has 0 aliphatic heterocycles. The maximum atomic E-state index is 13.5. The summed E-state index contributed by atoms with van der Waals surface area (Å²) in [5.74, 6) is -2.32. The number of carbonyl (C=O) groups is 2. The highest BCUT2D eigenvalue weighted by atomic mass is 19.1. The molecule has 0 heterocycles. The molecule has 2 aromatic rings. The van der Waals surface area contributed by atoms with Crippen LogP contribution in [0.4, 0.5) is 8.78 Å². The van der Waals surface area contributed by atoms with E-state index in [1.165, 1.54) is 5.56 Å². The molecule has 0 unspecified atom stereocenters. The summed E-state index contributed by atoms with van der Waals surface area (Å²) in [6, 6.07) is 13.0. The first-order valence-electron chi connectivity index (χ1n) is 9.06. The minimum absolute atomic E-state index is 0.0608. The molecule has 1 saturated carbocycles. The molecule has 2 aromatic carbocycles. The molecular weight excluding hydrogens is 350 g/mol. The molecule has 0 saturated heterocycles. The first kappa shape index (κ1) is 19.0. The van der Waals surface area contributed by atoms with Crippen molar-refractivity contribution >= 4 is 11.8 Å². The number of hydrogen-bond donors (Lipinski definition) is 2. The smallest absolute Gasteiger partial charge is 0.254 e. The molecule has 0 bridgehead atoms. The quantitative estimate of drug-likeness (QED) is 0.699. The Morgan fingerprint density at radius 3 is 2.41 bits per heavy atom. The van der Waals surface area contributed by atoms with E-state index in [1.807, 2.05) is 18.2 Å². The Labute approximate surface area is 157 Å². The van der Waals surface area contributed by atoms with Crippen LogP contribution in [-0.2, 0) is 10.2 Å². The Bertz CT molecular complexity index is 820. The normalized spacial score (nSPS) is 14.4. The van der Waals surface area contributed by atoms with Crippen molar-refractivity contribution in [1.29, 1.82) is 0 Å². The predicted octanol–water partition coefficient (Wildman–Crippen LogP) is 3.32. The Balaban J connectivity index is 1.37.